The maximum Gasteiger partial charge on any atom is 0.141 e. The van der Waals surface area contributed by atoms with Crippen molar-refractivity contribution in [3.8, 4) is 39.5 Å². The first-order valence-electron chi connectivity index (χ1n) is 15.0. The van der Waals surface area contributed by atoms with Gasteiger partial charge in [0, 0.05) is 43.6 Å². The molecule has 0 bridgehead atoms. The minimum Gasteiger partial charge on any atom is -0.656 e. The van der Waals surface area contributed by atoms with Crippen molar-refractivity contribution in [3.63, 3.8) is 0 Å². The Kier molecular flexibility index (Phi) is 7.10. The predicted molar refractivity (Wildman–Crippen MR) is 181 cm³/mol. The Morgan fingerprint density at radius 3 is 2.16 bits per heavy atom. The quantitative estimate of drug-likeness (QED) is 0.194. The molecule has 0 aliphatic rings. The SMILES string of the molecule is Cc1cc(C)cc(-c2cc(-c3cccc4c3nc(-c3cccc5c3[n-]c3ccccc35)n4C(C)C)nc3c(O)cccc23)c1.[Pt]. The molecule has 0 atom stereocenters. The number of hydrogen-bond acceptors (Lipinski definition) is 3. The van der Waals surface area contributed by atoms with Crippen molar-refractivity contribution in [1.29, 1.82) is 0 Å². The molecule has 5 aromatic carbocycles. The van der Waals surface area contributed by atoms with Gasteiger partial charge in [0.25, 0.3) is 0 Å². The fraction of sp³-hybridized carbons (Fsp3) is 0.128. The Morgan fingerprint density at radius 2 is 1.36 bits per heavy atom. The van der Waals surface area contributed by atoms with Gasteiger partial charge in [0.2, 0.25) is 0 Å². The summed E-state index contributed by atoms with van der Waals surface area (Å²) in [7, 11) is 0. The minimum absolute atomic E-state index is 0. The van der Waals surface area contributed by atoms with Crippen LogP contribution in [0, 0.1) is 13.8 Å². The molecule has 3 heterocycles. The zero-order valence-electron chi connectivity index (χ0n) is 25.4. The van der Waals surface area contributed by atoms with Gasteiger partial charge in [0.05, 0.1) is 16.7 Å². The second kappa shape index (κ2) is 11.0. The van der Waals surface area contributed by atoms with Crippen LogP contribution in [0.3, 0.4) is 0 Å². The van der Waals surface area contributed by atoms with Crippen molar-refractivity contribution in [2.45, 2.75) is 33.7 Å². The number of pyridine rings is 1. The van der Waals surface area contributed by atoms with E-state index in [-0.39, 0.29) is 32.9 Å². The molecule has 8 rings (SSSR count). The zero-order chi connectivity index (χ0) is 30.1. The standard InChI is InChI=1S/C39H31N4O.Pt/c1-22(2)43-34-16-8-13-29(37(34)42-39(43)30-14-7-11-27-26-10-5-6-15-32(26)40-36(27)30)33-21-31(25-19-23(3)18-24(4)20-25)28-12-9-17-35(44)38(28)41-33;/h5-22H,1-4H3,(H-,40,41,42,44);/q-1;. The molecule has 0 aliphatic carbocycles. The molecule has 0 saturated carbocycles. The topological polar surface area (TPSA) is 65.0 Å². The van der Waals surface area contributed by atoms with E-state index in [0.717, 1.165) is 72.0 Å². The Labute approximate surface area is 275 Å². The summed E-state index contributed by atoms with van der Waals surface area (Å²) >= 11 is 0. The van der Waals surface area contributed by atoms with Gasteiger partial charge < -0.3 is 14.7 Å². The van der Waals surface area contributed by atoms with Gasteiger partial charge in [0.1, 0.15) is 17.1 Å². The third-order valence-corrected chi connectivity index (χ3v) is 8.57. The molecule has 5 nitrogen and oxygen atoms in total. The monoisotopic (exact) mass is 766 g/mol. The van der Waals surface area contributed by atoms with E-state index in [1.54, 1.807) is 6.07 Å². The Bertz CT molecular complexity index is 2400. The summed E-state index contributed by atoms with van der Waals surface area (Å²) in [5.41, 5.74) is 11.7. The molecule has 3 aromatic heterocycles. The van der Waals surface area contributed by atoms with E-state index in [4.69, 9.17) is 15.0 Å². The number of aryl methyl sites for hydroxylation is 2. The zero-order valence-corrected chi connectivity index (χ0v) is 27.7. The smallest absolute Gasteiger partial charge is 0.141 e. The van der Waals surface area contributed by atoms with Crippen LogP contribution in [0.25, 0.3) is 77.5 Å². The molecule has 0 amide bonds. The molecule has 0 spiro atoms. The maximum absolute atomic E-state index is 11.0. The first kappa shape index (κ1) is 29.0. The molecule has 0 fully saturated rings. The van der Waals surface area contributed by atoms with E-state index in [2.05, 4.69) is 111 Å². The van der Waals surface area contributed by atoms with Crippen LogP contribution in [-0.4, -0.2) is 19.6 Å². The van der Waals surface area contributed by atoms with Gasteiger partial charge in [-0.25, -0.2) is 9.97 Å². The summed E-state index contributed by atoms with van der Waals surface area (Å²) in [4.78, 5) is 15.5. The van der Waals surface area contributed by atoms with Crippen LogP contribution < -0.4 is 4.98 Å². The van der Waals surface area contributed by atoms with E-state index < -0.39 is 0 Å². The Morgan fingerprint density at radius 1 is 0.667 bits per heavy atom. The third-order valence-electron chi connectivity index (χ3n) is 8.57. The molecule has 0 radical (unpaired) electrons. The molecule has 0 aliphatic heterocycles. The first-order chi connectivity index (χ1) is 21.4. The number of phenolic OH excluding ortho intramolecular Hbond substituents is 1. The normalized spacial score (nSPS) is 11.7. The number of rotatable bonds is 4. The Balaban J connectivity index is 0.00000325. The van der Waals surface area contributed by atoms with Crippen molar-refractivity contribution in [2.24, 2.45) is 0 Å². The fourth-order valence-electron chi connectivity index (χ4n) is 6.76. The summed E-state index contributed by atoms with van der Waals surface area (Å²) in [6.07, 6.45) is 0. The van der Waals surface area contributed by atoms with Gasteiger partial charge in [-0.2, -0.15) is 0 Å². The van der Waals surface area contributed by atoms with E-state index in [9.17, 15) is 5.11 Å². The Hall–Kier alpha value is -4.73. The van der Waals surface area contributed by atoms with Gasteiger partial charge in [-0.05, 0) is 67.8 Å². The molecular formula is C39H31N4OPt-. The fourth-order valence-corrected chi connectivity index (χ4v) is 6.76. The van der Waals surface area contributed by atoms with E-state index in [1.165, 1.54) is 11.1 Å². The van der Waals surface area contributed by atoms with Gasteiger partial charge in [0.15, 0.2) is 0 Å². The number of imidazole rings is 1. The number of para-hydroxylation sites is 4. The van der Waals surface area contributed by atoms with E-state index >= 15 is 0 Å². The number of fused-ring (bicyclic) bond motifs is 5. The van der Waals surface area contributed by atoms with Crippen LogP contribution in [0.15, 0.2) is 103 Å². The van der Waals surface area contributed by atoms with Crippen molar-refractivity contribution in [2.75, 3.05) is 0 Å². The van der Waals surface area contributed by atoms with Crippen LogP contribution in [-0.2, 0) is 21.1 Å². The molecule has 0 saturated heterocycles. The van der Waals surface area contributed by atoms with Crippen LogP contribution in [0.2, 0.25) is 0 Å². The van der Waals surface area contributed by atoms with Crippen molar-refractivity contribution >= 4 is 43.7 Å². The molecule has 8 aromatic rings. The molecule has 0 unspecified atom stereocenters. The average Bonchev–Trinajstić information content (AvgIpc) is 3.59. The maximum atomic E-state index is 11.0. The summed E-state index contributed by atoms with van der Waals surface area (Å²) in [6.45, 7) is 8.61. The van der Waals surface area contributed by atoms with Crippen LogP contribution in [0.1, 0.15) is 31.0 Å². The molecule has 224 valence electrons. The average molecular weight is 767 g/mol. The summed E-state index contributed by atoms with van der Waals surface area (Å²) in [5.74, 6) is 1.05. The molecular weight excluding hydrogens is 736 g/mol. The van der Waals surface area contributed by atoms with Crippen molar-refractivity contribution in [3.05, 3.63) is 114 Å². The predicted octanol–water partition coefficient (Wildman–Crippen LogP) is 9.75. The van der Waals surface area contributed by atoms with Crippen molar-refractivity contribution in [1.82, 2.24) is 19.5 Å². The number of aromatic nitrogens is 4. The number of aromatic hydroxyl groups is 1. The largest absolute Gasteiger partial charge is 0.656 e. The van der Waals surface area contributed by atoms with Crippen LogP contribution in [0.5, 0.6) is 5.75 Å². The minimum atomic E-state index is 0. The van der Waals surface area contributed by atoms with Crippen molar-refractivity contribution < 1.29 is 26.2 Å². The van der Waals surface area contributed by atoms with Gasteiger partial charge in [-0.15, -0.1) is 11.0 Å². The second-order valence-electron chi connectivity index (χ2n) is 12.0. The van der Waals surface area contributed by atoms with Crippen LogP contribution >= 0.6 is 0 Å². The van der Waals surface area contributed by atoms with E-state index in [0.29, 0.717) is 5.52 Å². The van der Waals surface area contributed by atoms with Gasteiger partial charge in [-0.1, -0.05) is 96.1 Å². The third kappa shape index (κ3) is 4.65. The summed E-state index contributed by atoms with van der Waals surface area (Å²) in [6, 6.07) is 35.4. The molecule has 6 heteroatoms. The second-order valence-corrected chi connectivity index (χ2v) is 12.0. The number of benzene rings is 5. The number of phenols is 1. The molecule has 1 N–H and O–H groups in total. The molecule has 45 heavy (non-hydrogen) atoms. The number of hydrogen-bond donors (Lipinski definition) is 1. The summed E-state index contributed by atoms with van der Waals surface area (Å²) in [5, 5.41) is 14.2. The number of nitrogens with zero attached hydrogens (tertiary/aromatic N) is 4. The van der Waals surface area contributed by atoms with E-state index in [1.807, 2.05) is 18.2 Å². The first-order valence-corrected chi connectivity index (χ1v) is 15.0. The van der Waals surface area contributed by atoms with Crippen LogP contribution in [0.4, 0.5) is 0 Å². The van der Waals surface area contributed by atoms with Gasteiger partial charge in [-0.3, -0.25) is 0 Å². The summed E-state index contributed by atoms with van der Waals surface area (Å²) < 4.78 is 2.30. The van der Waals surface area contributed by atoms with Gasteiger partial charge >= 0.3 is 0 Å².